The topological polar surface area (TPSA) is 34.0 Å². The lowest BCUT2D eigenvalue weighted by atomic mass is 10.2. The molecule has 0 aliphatic heterocycles. The van der Waals surface area contributed by atoms with Crippen LogP contribution in [0.15, 0.2) is 47.3 Å². The number of hydrogen-bond donors (Lipinski definition) is 1. The van der Waals surface area contributed by atoms with Gasteiger partial charge >= 0.3 is 0 Å². The van der Waals surface area contributed by atoms with Crippen LogP contribution in [0, 0.1) is 6.92 Å². The first-order valence-corrected chi connectivity index (χ1v) is 7.70. The van der Waals surface area contributed by atoms with Crippen LogP contribution in [0.2, 0.25) is 0 Å². The lowest BCUT2D eigenvalue weighted by Gasteiger charge is -2.12. The lowest BCUT2D eigenvalue weighted by molar-refractivity contribution is 0.576. The van der Waals surface area contributed by atoms with Crippen molar-refractivity contribution < 1.29 is 0 Å². The molecule has 0 amide bonds. The van der Waals surface area contributed by atoms with E-state index in [9.17, 15) is 4.79 Å². The third-order valence-corrected chi connectivity index (χ3v) is 3.66. The highest BCUT2D eigenvalue weighted by molar-refractivity contribution is 5.44. The first-order chi connectivity index (χ1) is 10.2. The Balaban J connectivity index is 2.03. The maximum Gasteiger partial charge on any atom is 0.252 e. The molecule has 0 fully saturated rings. The number of anilines is 1. The molecule has 0 spiro atoms. The van der Waals surface area contributed by atoms with Crippen LogP contribution in [0.3, 0.4) is 0 Å². The molecule has 0 aliphatic rings. The summed E-state index contributed by atoms with van der Waals surface area (Å²) in [5, 5.41) is 3.32. The SMILES string of the molecule is CCCCCn1c(C)cc(NCc2ccccc2)cc1=O. The summed E-state index contributed by atoms with van der Waals surface area (Å²) >= 11 is 0. The van der Waals surface area contributed by atoms with Crippen molar-refractivity contribution in [3.63, 3.8) is 0 Å². The van der Waals surface area contributed by atoms with Gasteiger partial charge in [0, 0.05) is 30.5 Å². The molecule has 0 aliphatic carbocycles. The average Bonchev–Trinajstić information content (AvgIpc) is 2.49. The van der Waals surface area contributed by atoms with Crippen molar-refractivity contribution in [2.75, 3.05) is 5.32 Å². The number of hydrogen-bond acceptors (Lipinski definition) is 2. The Hall–Kier alpha value is -2.03. The van der Waals surface area contributed by atoms with Gasteiger partial charge in [-0.15, -0.1) is 0 Å². The Kier molecular flexibility index (Phi) is 5.61. The van der Waals surface area contributed by atoms with E-state index >= 15 is 0 Å². The Labute approximate surface area is 126 Å². The molecule has 21 heavy (non-hydrogen) atoms. The van der Waals surface area contributed by atoms with Crippen LogP contribution in [0.1, 0.15) is 37.4 Å². The van der Waals surface area contributed by atoms with Crippen molar-refractivity contribution in [2.45, 2.75) is 46.2 Å². The van der Waals surface area contributed by atoms with Crippen molar-refractivity contribution in [1.82, 2.24) is 4.57 Å². The molecule has 3 nitrogen and oxygen atoms in total. The molecule has 112 valence electrons. The molecule has 1 aromatic carbocycles. The zero-order valence-corrected chi connectivity index (χ0v) is 12.9. The van der Waals surface area contributed by atoms with Gasteiger partial charge < -0.3 is 9.88 Å². The summed E-state index contributed by atoms with van der Waals surface area (Å²) < 4.78 is 1.86. The predicted molar refractivity (Wildman–Crippen MR) is 88.7 cm³/mol. The van der Waals surface area contributed by atoms with E-state index in [2.05, 4.69) is 30.4 Å². The van der Waals surface area contributed by atoms with Gasteiger partial charge in [0.2, 0.25) is 0 Å². The third-order valence-electron chi connectivity index (χ3n) is 3.66. The predicted octanol–water partition coefficient (Wildman–Crippen LogP) is 3.96. The molecule has 1 N–H and O–H groups in total. The second-order valence-electron chi connectivity index (χ2n) is 5.42. The van der Waals surface area contributed by atoms with Gasteiger partial charge in [0.25, 0.3) is 5.56 Å². The maximum atomic E-state index is 12.2. The molecule has 0 atom stereocenters. The fourth-order valence-corrected chi connectivity index (χ4v) is 2.44. The number of rotatable bonds is 7. The quantitative estimate of drug-likeness (QED) is 0.781. The summed E-state index contributed by atoms with van der Waals surface area (Å²) in [6.45, 7) is 5.73. The molecular formula is C18H24N2O. The largest absolute Gasteiger partial charge is 0.381 e. The second kappa shape index (κ2) is 7.67. The summed E-state index contributed by atoms with van der Waals surface area (Å²) in [6.07, 6.45) is 3.40. The zero-order chi connectivity index (χ0) is 15.1. The van der Waals surface area contributed by atoms with Crippen LogP contribution >= 0.6 is 0 Å². The first-order valence-electron chi connectivity index (χ1n) is 7.70. The van der Waals surface area contributed by atoms with Crippen LogP contribution in [-0.4, -0.2) is 4.57 Å². The summed E-state index contributed by atoms with van der Waals surface area (Å²) in [7, 11) is 0. The number of pyridine rings is 1. The zero-order valence-electron chi connectivity index (χ0n) is 12.9. The number of aromatic nitrogens is 1. The average molecular weight is 284 g/mol. The van der Waals surface area contributed by atoms with Crippen molar-refractivity contribution in [2.24, 2.45) is 0 Å². The van der Waals surface area contributed by atoms with Gasteiger partial charge in [-0.05, 0) is 25.0 Å². The van der Waals surface area contributed by atoms with Gasteiger partial charge in [-0.25, -0.2) is 0 Å². The first kappa shape index (κ1) is 15.4. The monoisotopic (exact) mass is 284 g/mol. The Morgan fingerprint density at radius 2 is 1.86 bits per heavy atom. The highest BCUT2D eigenvalue weighted by Gasteiger charge is 2.03. The Bertz CT molecular complexity index is 617. The fraction of sp³-hybridized carbons (Fsp3) is 0.389. The van der Waals surface area contributed by atoms with Gasteiger partial charge in [-0.1, -0.05) is 50.1 Å². The van der Waals surface area contributed by atoms with E-state index in [1.54, 1.807) is 6.07 Å². The van der Waals surface area contributed by atoms with E-state index in [1.807, 2.05) is 29.7 Å². The molecule has 0 saturated heterocycles. The van der Waals surface area contributed by atoms with Gasteiger partial charge in [-0.2, -0.15) is 0 Å². The van der Waals surface area contributed by atoms with Crippen molar-refractivity contribution in [3.8, 4) is 0 Å². The van der Waals surface area contributed by atoms with Gasteiger partial charge in [0.1, 0.15) is 0 Å². The molecular weight excluding hydrogens is 260 g/mol. The van der Waals surface area contributed by atoms with E-state index in [-0.39, 0.29) is 5.56 Å². The molecule has 0 radical (unpaired) electrons. The minimum absolute atomic E-state index is 0.0849. The summed E-state index contributed by atoms with van der Waals surface area (Å²) in [4.78, 5) is 12.2. The Morgan fingerprint density at radius 1 is 1.10 bits per heavy atom. The van der Waals surface area contributed by atoms with Crippen LogP contribution < -0.4 is 10.9 Å². The lowest BCUT2D eigenvalue weighted by Crippen LogP contribution is -2.22. The van der Waals surface area contributed by atoms with E-state index < -0.39 is 0 Å². The molecule has 2 aromatic rings. The number of nitrogens with zero attached hydrogens (tertiary/aromatic N) is 1. The number of nitrogens with one attached hydrogen (secondary N) is 1. The highest BCUT2D eigenvalue weighted by Crippen LogP contribution is 2.10. The number of aryl methyl sites for hydroxylation is 1. The maximum absolute atomic E-state index is 12.2. The van der Waals surface area contributed by atoms with E-state index in [0.717, 1.165) is 30.9 Å². The summed E-state index contributed by atoms with van der Waals surface area (Å²) in [6, 6.07) is 13.9. The van der Waals surface area contributed by atoms with Gasteiger partial charge in [0.05, 0.1) is 0 Å². The fourth-order valence-electron chi connectivity index (χ4n) is 2.44. The van der Waals surface area contributed by atoms with Crippen molar-refractivity contribution in [3.05, 3.63) is 64.1 Å². The van der Waals surface area contributed by atoms with Crippen LogP contribution in [0.5, 0.6) is 0 Å². The molecule has 0 saturated carbocycles. The van der Waals surface area contributed by atoms with Crippen LogP contribution in [-0.2, 0) is 13.1 Å². The number of benzene rings is 1. The van der Waals surface area contributed by atoms with Crippen LogP contribution in [0.25, 0.3) is 0 Å². The minimum Gasteiger partial charge on any atom is -0.381 e. The molecule has 2 rings (SSSR count). The van der Waals surface area contributed by atoms with Gasteiger partial charge in [-0.3, -0.25) is 4.79 Å². The molecule has 0 unspecified atom stereocenters. The van der Waals surface area contributed by atoms with Crippen molar-refractivity contribution in [1.29, 1.82) is 0 Å². The Morgan fingerprint density at radius 3 is 2.52 bits per heavy atom. The van der Waals surface area contributed by atoms with Gasteiger partial charge in [0.15, 0.2) is 0 Å². The second-order valence-corrected chi connectivity index (χ2v) is 5.42. The molecule has 3 heteroatoms. The van der Waals surface area contributed by atoms with E-state index in [1.165, 1.54) is 18.4 Å². The van der Waals surface area contributed by atoms with Crippen LogP contribution in [0.4, 0.5) is 5.69 Å². The van der Waals surface area contributed by atoms with E-state index in [4.69, 9.17) is 0 Å². The number of unbranched alkanes of at least 4 members (excludes halogenated alkanes) is 2. The minimum atomic E-state index is 0.0849. The molecule has 0 bridgehead atoms. The third kappa shape index (κ3) is 4.48. The normalized spacial score (nSPS) is 10.6. The summed E-state index contributed by atoms with van der Waals surface area (Å²) in [5.74, 6) is 0. The molecule has 1 aromatic heterocycles. The molecule has 1 heterocycles. The smallest absolute Gasteiger partial charge is 0.252 e. The summed E-state index contributed by atoms with van der Waals surface area (Å²) in [5.41, 5.74) is 3.21. The standard InChI is InChI=1S/C18H24N2O/c1-3-4-8-11-20-15(2)12-17(13-18(20)21)19-14-16-9-6-5-7-10-16/h5-7,9-10,12-13,19H,3-4,8,11,14H2,1-2H3. The van der Waals surface area contributed by atoms with Crippen molar-refractivity contribution >= 4 is 5.69 Å². The highest BCUT2D eigenvalue weighted by atomic mass is 16.1. The van der Waals surface area contributed by atoms with E-state index in [0.29, 0.717) is 0 Å².